The second-order valence-corrected chi connectivity index (χ2v) is 7.41. The van der Waals surface area contributed by atoms with E-state index in [4.69, 9.17) is 4.74 Å². The number of nitrogens with zero attached hydrogens (tertiary/aromatic N) is 2. The van der Waals surface area contributed by atoms with E-state index in [-0.39, 0.29) is 12.3 Å². The van der Waals surface area contributed by atoms with Crippen molar-refractivity contribution in [3.63, 3.8) is 0 Å². The normalized spacial score (nSPS) is 19.4. The number of ether oxygens (including phenoxy) is 1. The second-order valence-electron chi connectivity index (χ2n) is 5.40. The van der Waals surface area contributed by atoms with Crippen LogP contribution in [0, 0.1) is 5.82 Å². The Balaban J connectivity index is 1.78. The molecule has 21 heavy (non-hydrogen) atoms. The molecule has 0 atom stereocenters. The van der Waals surface area contributed by atoms with E-state index in [9.17, 15) is 12.8 Å². The molecule has 0 spiro atoms. The van der Waals surface area contributed by atoms with Crippen LogP contribution in [0.1, 0.15) is 12.8 Å². The molecule has 0 radical (unpaired) electrons. The molecule has 0 saturated carbocycles. The summed E-state index contributed by atoms with van der Waals surface area (Å²) in [6.07, 6.45) is 2.26. The number of halogens is 1. The third-order valence-electron chi connectivity index (χ3n) is 3.94. The Morgan fingerprint density at radius 3 is 2.71 bits per heavy atom. The molecule has 1 aromatic carbocycles. The van der Waals surface area contributed by atoms with Crippen molar-refractivity contribution in [1.82, 2.24) is 4.90 Å². The Hall–Kier alpha value is -1.34. The summed E-state index contributed by atoms with van der Waals surface area (Å²) < 4.78 is 45.2. The van der Waals surface area contributed by atoms with Crippen LogP contribution in [0.3, 0.4) is 0 Å². The smallest absolute Gasteiger partial charge is 0.236 e. The Morgan fingerprint density at radius 2 is 1.95 bits per heavy atom. The molecule has 7 heteroatoms. The molecule has 3 rings (SSSR count). The summed E-state index contributed by atoms with van der Waals surface area (Å²) in [7, 11) is -3.46. The summed E-state index contributed by atoms with van der Waals surface area (Å²) in [5, 5.41) is 0. The van der Waals surface area contributed by atoms with Crippen LogP contribution in [0.25, 0.3) is 0 Å². The van der Waals surface area contributed by atoms with E-state index < -0.39 is 15.8 Å². The van der Waals surface area contributed by atoms with Gasteiger partial charge in [0.1, 0.15) is 18.2 Å². The van der Waals surface area contributed by atoms with Gasteiger partial charge in [0.25, 0.3) is 0 Å². The number of hydrogen-bond acceptors (Lipinski definition) is 4. The lowest BCUT2D eigenvalue weighted by Gasteiger charge is -2.31. The molecule has 5 nitrogen and oxygen atoms in total. The van der Waals surface area contributed by atoms with Gasteiger partial charge in [-0.05, 0) is 38.1 Å². The molecule has 1 fully saturated rings. The van der Waals surface area contributed by atoms with E-state index in [0.29, 0.717) is 24.6 Å². The van der Waals surface area contributed by atoms with Gasteiger partial charge >= 0.3 is 0 Å². The zero-order valence-electron chi connectivity index (χ0n) is 11.8. The van der Waals surface area contributed by atoms with Gasteiger partial charge in [0.15, 0.2) is 0 Å². The van der Waals surface area contributed by atoms with Crippen LogP contribution in [0.15, 0.2) is 18.2 Å². The first-order valence-electron chi connectivity index (χ1n) is 7.21. The first-order valence-corrected chi connectivity index (χ1v) is 8.82. The van der Waals surface area contributed by atoms with Gasteiger partial charge in [-0.3, -0.25) is 4.31 Å². The van der Waals surface area contributed by atoms with Gasteiger partial charge in [0.05, 0.1) is 18.0 Å². The first-order chi connectivity index (χ1) is 10.1. The minimum atomic E-state index is -3.46. The Bertz CT molecular complexity index is 615. The Morgan fingerprint density at radius 1 is 1.19 bits per heavy atom. The van der Waals surface area contributed by atoms with Gasteiger partial charge in [-0.2, -0.15) is 0 Å². The van der Waals surface area contributed by atoms with E-state index >= 15 is 0 Å². The SMILES string of the molecule is O=S(=O)(CCN1CCCC1)N1CCOc2ccc(F)cc21. The number of hydrogen-bond donors (Lipinski definition) is 0. The monoisotopic (exact) mass is 314 g/mol. The average Bonchev–Trinajstić information content (AvgIpc) is 2.98. The van der Waals surface area contributed by atoms with Gasteiger partial charge in [-0.1, -0.05) is 0 Å². The Labute approximate surface area is 124 Å². The van der Waals surface area contributed by atoms with Crippen molar-refractivity contribution in [2.24, 2.45) is 0 Å². The lowest BCUT2D eigenvalue weighted by molar-refractivity contribution is 0.314. The molecule has 0 amide bonds. The van der Waals surface area contributed by atoms with E-state index in [0.717, 1.165) is 25.9 Å². The van der Waals surface area contributed by atoms with Crippen LogP contribution >= 0.6 is 0 Å². The van der Waals surface area contributed by atoms with E-state index in [1.54, 1.807) is 0 Å². The molecule has 0 aromatic heterocycles. The number of anilines is 1. The third-order valence-corrected chi connectivity index (χ3v) is 5.69. The van der Waals surface area contributed by atoms with E-state index in [1.165, 1.54) is 22.5 Å². The third kappa shape index (κ3) is 3.13. The topological polar surface area (TPSA) is 49.9 Å². The fourth-order valence-corrected chi connectivity index (χ4v) is 4.32. The highest BCUT2D eigenvalue weighted by Crippen LogP contribution is 2.34. The molecule has 0 unspecified atom stereocenters. The van der Waals surface area contributed by atoms with Crippen molar-refractivity contribution in [3.8, 4) is 5.75 Å². The predicted molar refractivity (Wildman–Crippen MR) is 78.7 cm³/mol. The zero-order chi connectivity index (χ0) is 14.9. The summed E-state index contributed by atoms with van der Waals surface area (Å²) in [6.45, 7) is 2.98. The van der Waals surface area contributed by atoms with Crippen LogP contribution in [0.4, 0.5) is 10.1 Å². The second kappa shape index (κ2) is 5.81. The summed E-state index contributed by atoms with van der Waals surface area (Å²) in [4.78, 5) is 2.16. The maximum Gasteiger partial charge on any atom is 0.236 e. The van der Waals surface area contributed by atoms with Crippen molar-refractivity contribution in [1.29, 1.82) is 0 Å². The number of benzene rings is 1. The predicted octanol–water partition coefficient (Wildman–Crippen LogP) is 1.45. The molecular weight excluding hydrogens is 295 g/mol. The number of likely N-dealkylation sites (tertiary alicyclic amines) is 1. The highest BCUT2D eigenvalue weighted by atomic mass is 32.2. The van der Waals surface area contributed by atoms with Crippen molar-refractivity contribution in [2.45, 2.75) is 12.8 Å². The van der Waals surface area contributed by atoms with Crippen molar-refractivity contribution in [3.05, 3.63) is 24.0 Å². The quantitative estimate of drug-likeness (QED) is 0.844. The van der Waals surface area contributed by atoms with Crippen molar-refractivity contribution in [2.75, 3.05) is 42.8 Å². The van der Waals surface area contributed by atoms with Crippen LogP contribution in [0.2, 0.25) is 0 Å². The van der Waals surface area contributed by atoms with Gasteiger partial charge in [0.2, 0.25) is 10.0 Å². The van der Waals surface area contributed by atoms with Crippen LogP contribution in [0.5, 0.6) is 5.75 Å². The minimum Gasteiger partial charge on any atom is -0.489 e. The molecule has 1 saturated heterocycles. The van der Waals surface area contributed by atoms with Gasteiger partial charge in [-0.15, -0.1) is 0 Å². The Kier molecular flexibility index (Phi) is 4.03. The maximum atomic E-state index is 13.4. The summed E-state index contributed by atoms with van der Waals surface area (Å²) in [6, 6.07) is 3.98. The molecule has 1 aromatic rings. The molecule has 0 aliphatic carbocycles. The fraction of sp³-hybridized carbons (Fsp3) is 0.571. The molecule has 0 N–H and O–H groups in total. The van der Waals surface area contributed by atoms with Crippen molar-refractivity contribution >= 4 is 15.7 Å². The molecule has 2 aliphatic rings. The van der Waals surface area contributed by atoms with Gasteiger partial charge in [0, 0.05) is 12.6 Å². The van der Waals surface area contributed by atoms with E-state index in [2.05, 4.69) is 4.90 Å². The minimum absolute atomic E-state index is 0.0585. The zero-order valence-corrected chi connectivity index (χ0v) is 12.6. The van der Waals surface area contributed by atoms with Crippen LogP contribution in [-0.4, -0.2) is 51.9 Å². The molecule has 0 bridgehead atoms. The van der Waals surface area contributed by atoms with Gasteiger partial charge < -0.3 is 9.64 Å². The lowest BCUT2D eigenvalue weighted by Crippen LogP contribution is -2.41. The number of fused-ring (bicyclic) bond motifs is 1. The van der Waals surface area contributed by atoms with Crippen LogP contribution < -0.4 is 9.04 Å². The molecular formula is C14H19FN2O3S. The lowest BCUT2D eigenvalue weighted by atomic mass is 10.2. The molecule has 2 aliphatic heterocycles. The highest BCUT2D eigenvalue weighted by molar-refractivity contribution is 7.92. The largest absolute Gasteiger partial charge is 0.489 e. The number of sulfonamides is 1. The van der Waals surface area contributed by atoms with E-state index in [1.807, 2.05) is 0 Å². The average molecular weight is 314 g/mol. The summed E-state index contributed by atoms with van der Waals surface area (Å²) >= 11 is 0. The first kappa shape index (κ1) is 14.6. The standard InChI is InChI=1S/C14H19FN2O3S/c15-12-3-4-14-13(11-12)17(7-9-20-14)21(18,19)10-8-16-5-1-2-6-16/h3-4,11H,1-2,5-10H2. The van der Waals surface area contributed by atoms with Crippen molar-refractivity contribution < 1.29 is 17.5 Å². The summed E-state index contributed by atoms with van der Waals surface area (Å²) in [5.74, 6) is 0.0227. The van der Waals surface area contributed by atoms with Crippen LogP contribution in [-0.2, 0) is 10.0 Å². The summed E-state index contributed by atoms with van der Waals surface area (Å²) in [5.41, 5.74) is 0.308. The molecule has 116 valence electrons. The highest BCUT2D eigenvalue weighted by Gasteiger charge is 2.29. The number of rotatable bonds is 4. The maximum absolute atomic E-state index is 13.4. The molecule has 2 heterocycles. The fourth-order valence-electron chi connectivity index (χ4n) is 2.82. The van der Waals surface area contributed by atoms with Gasteiger partial charge in [-0.25, -0.2) is 12.8 Å².